The maximum absolute atomic E-state index is 12.6. The zero-order valence-electron chi connectivity index (χ0n) is 14.0. The summed E-state index contributed by atoms with van der Waals surface area (Å²) in [5, 5.41) is 0. The Labute approximate surface area is 142 Å². The highest BCUT2D eigenvalue weighted by molar-refractivity contribution is 5.95. The molecular formula is C20H21NO3. The lowest BCUT2D eigenvalue weighted by molar-refractivity contribution is 0.0173. The van der Waals surface area contributed by atoms with Crippen LogP contribution in [0.25, 0.3) is 0 Å². The summed E-state index contributed by atoms with van der Waals surface area (Å²) < 4.78 is 11.6. The molecule has 0 spiro atoms. The van der Waals surface area contributed by atoms with Crippen LogP contribution in [0.5, 0.6) is 11.5 Å². The average molecular weight is 323 g/mol. The van der Waals surface area contributed by atoms with E-state index in [-0.39, 0.29) is 12.0 Å². The number of hydrogen-bond acceptors (Lipinski definition) is 3. The number of para-hydroxylation sites is 1. The lowest BCUT2D eigenvalue weighted by atomic mass is 10.0. The smallest absolute Gasteiger partial charge is 0.254 e. The fourth-order valence-corrected chi connectivity index (χ4v) is 3.33. The number of carbonyl (C=O) groups excluding carboxylic acids is 1. The SMILES string of the molecule is Cc1cccc(C)c1OC1CN(C(=O)c2ccc3c(c2)CCO3)C1. The molecule has 0 bridgehead atoms. The van der Waals surface area contributed by atoms with E-state index in [9.17, 15) is 4.79 Å². The van der Waals surface area contributed by atoms with Crippen molar-refractivity contribution in [3.05, 3.63) is 58.7 Å². The molecule has 2 aromatic carbocycles. The Bertz CT molecular complexity index is 773. The summed E-state index contributed by atoms with van der Waals surface area (Å²) in [6, 6.07) is 11.9. The molecule has 4 rings (SSSR count). The normalized spacial score (nSPS) is 16.3. The zero-order valence-corrected chi connectivity index (χ0v) is 14.0. The fourth-order valence-electron chi connectivity index (χ4n) is 3.33. The van der Waals surface area contributed by atoms with E-state index in [0.717, 1.165) is 40.2 Å². The number of carbonyl (C=O) groups is 1. The van der Waals surface area contributed by atoms with E-state index >= 15 is 0 Å². The van der Waals surface area contributed by atoms with E-state index in [0.29, 0.717) is 19.7 Å². The summed E-state index contributed by atoms with van der Waals surface area (Å²) in [5.74, 6) is 1.93. The van der Waals surface area contributed by atoms with E-state index in [1.54, 1.807) is 0 Å². The zero-order chi connectivity index (χ0) is 16.7. The molecule has 0 aliphatic carbocycles. The molecule has 2 heterocycles. The quantitative estimate of drug-likeness (QED) is 0.871. The first kappa shape index (κ1) is 15.1. The van der Waals surface area contributed by atoms with Gasteiger partial charge in [-0.15, -0.1) is 0 Å². The molecule has 1 fully saturated rings. The van der Waals surface area contributed by atoms with Gasteiger partial charge in [-0.25, -0.2) is 0 Å². The van der Waals surface area contributed by atoms with Crippen LogP contribution in [0.15, 0.2) is 36.4 Å². The van der Waals surface area contributed by atoms with Gasteiger partial charge in [-0.1, -0.05) is 18.2 Å². The van der Waals surface area contributed by atoms with E-state index in [2.05, 4.69) is 26.0 Å². The lowest BCUT2D eigenvalue weighted by Crippen LogP contribution is -2.56. The Morgan fingerprint density at radius 3 is 2.67 bits per heavy atom. The van der Waals surface area contributed by atoms with Crippen LogP contribution >= 0.6 is 0 Å². The van der Waals surface area contributed by atoms with Crippen LogP contribution in [0.2, 0.25) is 0 Å². The van der Waals surface area contributed by atoms with Crippen LogP contribution in [0.3, 0.4) is 0 Å². The third kappa shape index (κ3) is 2.62. The molecule has 1 saturated heterocycles. The fraction of sp³-hybridized carbons (Fsp3) is 0.350. The number of nitrogens with zero attached hydrogens (tertiary/aromatic N) is 1. The summed E-state index contributed by atoms with van der Waals surface area (Å²) >= 11 is 0. The Morgan fingerprint density at radius 2 is 1.92 bits per heavy atom. The first-order valence-electron chi connectivity index (χ1n) is 8.39. The van der Waals surface area contributed by atoms with E-state index in [4.69, 9.17) is 9.47 Å². The highest BCUT2D eigenvalue weighted by atomic mass is 16.5. The highest BCUT2D eigenvalue weighted by Gasteiger charge is 2.33. The van der Waals surface area contributed by atoms with Crippen molar-refractivity contribution in [1.82, 2.24) is 4.90 Å². The van der Waals surface area contributed by atoms with Gasteiger partial charge in [0.25, 0.3) is 5.91 Å². The van der Waals surface area contributed by atoms with E-state index < -0.39 is 0 Å². The minimum Gasteiger partial charge on any atom is -0.493 e. The van der Waals surface area contributed by atoms with Crippen molar-refractivity contribution in [2.75, 3.05) is 19.7 Å². The van der Waals surface area contributed by atoms with Crippen molar-refractivity contribution in [2.45, 2.75) is 26.4 Å². The minimum atomic E-state index is 0.0751. The molecule has 0 unspecified atom stereocenters. The molecule has 2 aromatic rings. The van der Waals surface area contributed by atoms with Gasteiger partial charge in [-0.3, -0.25) is 4.79 Å². The molecule has 4 nitrogen and oxygen atoms in total. The predicted molar refractivity (Wildman–Crippen MR) is 91.9 cm³/mol. The first-order chi connectivity index (χ1) is 11.6. The van der Waals surface area contributed by atoms with Crippen molar-refractivity contribution in [2.24, 2.45) is 0 Å². The van der Waals surface area contributed by atoms with Crippen molar-refractivity contribution in [3.8, 4) is 11.5 Å². The minimum absolute atomic E-state index is 0.0751. The van der Waals surface area contributed by atoms with Gasteiger partial charge in [0.15, 0.2) is 0 Å². The predicted octanol–water partition coefficient (Wildman–Crippen LogP) is 3.14. The molecule has 0 atom stereocenters. The Kier molecular flexibility index (Phi) is 3.68. The van der Waals surface area contributed by atoms with Crippen LogP contribution < -0.4 is 9.47 Å². The van der Waals surface area contributed by atoms with E-state index in [1.807, 2.05) is 29.2 Å². The summed E-state index contributed by atoms with van der Waals surface area (Å²) in [7, 11) is 0. The van der Waals surface area contributed by atoms with Gasteiger partial charge in [-0.05, 0) is 48.7 Å². The largest absolute Gasteiger partial charge is 0.493 e. The number of rotatable bonds is 3. The molecule has 2 aliphatic rings. The van der Waals surface area contributed by atoms with Gasteiger partial charge in [0, 0.05) is 12.0 Å². The molecule has 2 aliphatic heterocycles. The second kappa shape index (κ2) is 5.86. The van der Waals surface area contributed by atoms with Crippen LogP contribution in [0.4, 0.5) is 0 Å². The Balaban J connectivity index is 1.40. The molecule has 0 aromatic heterocycles. The van der Waals surface area contributed by atoms with E-state index in [1.165, 1.54) is 0 Å². The second-order valence-electron chi connectivity index (χ2n) is 6.59. The number of amides is 1. The number of likely N-dealkylation sites (tertiary alicyclic amines) is 1. The Morgan fingerprint density at radius 1 is 1.17 bits per heavy atom. The number of hydrogen-bond donors (Lipinski definition) is 0. The van der Waals surface area contributed by atoms with Gasteiger partial charge >= 0.3 is 0 Å². The van der Waals surface area contributed by atoms with Crippen molar-refractivity contribution in [1.29, 1.82) is 0 Å². The number of fused-ring (bicyclic) bond motifs is 1. The molecule has 0 radical (unpaired) electrons. The van der Waals surface area contributed by atoms with Gasteiger partial charge in [0.1, 0.15) is 17.6 Å². The first-order valence-corrected chi connectivity index (χ1v) is 8.39. The molecule has 0 saturated carbocycles. The number of aryl methyl sites for hydroxylation is 2. The van der Waals surface area contributed by atoms with Gasteiger partial charge in [-0.2, -0.15) is 0 Å². The topological polar surface area (TPSA) is 38.8 Å². The Hall–Kier alpha value is -2.49. The average Bonchev–Trinajstić information content (AvgIpc) is 2.99. The molecule has 24 heavy (non-hydrogen) atoms. The summed E-state index contributed by atoms with van der Waals surface area (Å²) in [6.07, 6.45) is 0.959. The second-order valence-corrected chi connectivity index (χ2v) is 6.59. The monoisotopic (exact) mass is 323 g/mol. The summed E-state index contributed by atoms with van der Waals surface area (Å²) in [5.41, 5.74) is 4.14. The standard InChI is InChI=1S/C20H21NO3/c1-13-4-3-5-14(2)19(13)24-17-11-21(12-17)20(22)16-6-7-18-15(10-16)8-9-23-18/h3-7,10,17H,8-9,11-12H2,1-2H3. The molecule has 4 heteroatoms. The van der Waals surface area contributed by atoms with Crippen molar-refractivity contribution < 1.29 is 14.3 Å². The number of benzene rings is 2. The molecule has 124 valence electrons. The van der Waals surface area contributed by atoms with Gasteiger partial charge in [0.2, 0.25) is 0 Å². The maximum Gasteiger partial charge on any atom is 0.254 e. The summed E-state index contributed by atoms with van der Waals surface area (Å²) in [6.45, 7) is 6.09. The maximum atomic E-state index is 12.6. The third-order valence-corrected chi connectivity index (χ3v) is 4.76. The van der Waals surface area contributed by atoms with Crippen LogP contribution in [-0.4, -0.2) is 36.6 Å². The van der Waals surface area contributed by atoms with Crippen LogP contribution in [0, 0.1) is 13.8 Å². The highest BCUT2D eigenvalue weighted by Crippen LogP contribution is 2.29. The van der Waals surface area contributed by atoms with Crippen LogP contribution in [-0.2, 0) is 6.42 Å². The van der Waals surface area contributed by atoms with Crippen molar-refractivity contribution >= 4 is 5.91 Å². The molecular weight excluding hydrogens is 302 g/mol. The number of ether oxygens (including phenoxy) is 2. The van der Waals surface area contributed by atoms with Crippen LogP contribution in [0.1, 0.15) is 27.0 Å². The third-order valence-electron chi connectivity index (χ3n) is 4.76. The van der Waals surface area contributed by atoms with Gasteiger partial charge in [0.05, 0.1) is 19.7 Å². The van der Waals surface area contributed by atoms with Crippen molar-refractivity contribution in [3.63, 3.8) is 0 Å². The van der Waals surface area contributed by atoms with Gasteiger partial charge < -0.3 is 14.4 Å². The summed E-state index contributed by atoms with van der Waals surface area (Å²) in [4.78, 5) is 14.4. The lowest BCUT2D eigenvalue weighted by Gasteiger charge is -2.39. The molecule has 1 amide bonds. The molecule has 0 N–H and O–H groups in total.